The molecule has 0 bridgehead atoms. The number of amides is 1. The molecule has 1 atom stereocenters. The number of hydrogen-bond donors (Lipinski definition) is 2. The van der Waals surface area contributed by atoms with Crippen LogP contribution in [0.4, 0.5) is 4.39 Å². The van der Waals surface area contributed by atoms with E-state index in [4.69, 9.17) is 5.11 Å². The van der Waals surface area contributed by atoms with Crippen LogP contribution in [0.3, 0.4) is 0 Å². The first-order valence-electron chi connectivity index (χ1n) is 4.75. The first kappa shape index (κ1) is 12.2. The van der Waals surface area contributed by atoms with Gasteiger partial charge in [-0.3, -0.25) is 9.59 Å². The lowest BCUT2D eigenvalue weighted by Gasteiger charge is -2.13. The van der Waals surface area contributed by atoms with Crippen molar-refractivity contribution in [2.45, 2.75) is 19.4 Å². The number of halogens is 1. The summed E-state index contributed by atoms with van der Waals surface area (Å²) in [6, 6.07) is 5.32. The molecule has 0 aromatic heterocycles. The normalized spacial score (nSPS) is 11.9. The van der Waals surface area contributed by atoms with Crippen molar-refractivity contribution in [3.05, 3.63) is 35.6 Å². The zero-order valence-corrected chi connectivity index (χ0v) is 8.74. The SMILES string of the molecule is CC(NC(=O)CC(=O)O)c1ccc(F)cc1. The molecule has 0 spiro atoms. The lowest BCUT2D eigenvalue weighted by Crippen LogP contribution is -2.28. The number of aliphatic carboxylic acids is 1. The summed E-state index contributed by atoms with van der Waals surface area (Å²) in [4.78, 5) is 21.4. The molecule has 1 rings (SSSR count). The third-order valence-electron chi connectivity index (χ3n) is 2.06. The Morgan fingerprint density at radius 1 is 1.38 bits per heavy atom. The van der Waals surface area contributed by atoms with Gasteiger partial charge in [-0.05, 0) is 24.6 Å². The van der Waals surface area contributed by atoms with Crippen molar-refractivity contribution in [2.75, 3.05) is 0 Å². The van der Waals surface area contributed by atoms with E-state index < -0.39 is 18.3 Å². The van der Waals surface area contributed by atoms with Crippen molar-refractivity contribution < 1.29 is 19.1 Å². The van der Waals surface area contributed by atoms with E-state index in [0.717, 1.165) is 5.56 Å². The van der Waals surface area contributed by atoms with E-state index in [1.165, 1.54) is 12.1 Å². The molecule has 4 nitrogen and oxygen atoms in total. The number of rotatable bonds is 4. The van der Waals surface area contributed by atoms with Crippen molar-refractivity contribution in [3.63, 3.8) is 0 Å². The van der Waals surface area contributed by atoms with Gasteiger partial charge in [-0.1, -0.05) is 12.1 Å². The summed E-state index contributed by atoms with van der Waals surface area (Å²) in [6.45, 7) is 1.70. The number of carboxylic acids is 1. The van der Waals surface area contributed by atoms with Crippen molar-refractivity contribution >= 4 is 11.9 Å². The van der Waals surface area contributed by atoms with Gasteiger partial charge in [-0.15, -0.1) is 0 Å². The third-order valence-corrected chi connectivity index (χ3v) is 2.06. The Kier molecular flexibility index (Phi) is 3.99. The van der Waals surface area contributed by atoms with Crippen LogP contribution >= 0.6 is 0 Å². The number of carbonyl (C=O) groups excluding carboxylic acids is 1. The zero-order chi connectivity index (χ0) is 12.1. The average Bonchev–Trinajstić information content (AvgIpc) is 2.16. The van der Waals surface area contributed by atoms with Crippen LogP contribution in [0.2, 0.25) is 0 Å². The highest BCUT2D eigenvalue weighted by Crippen LogP contribution is 2.12. The molecule has 1 unspecified atom stereocenters. The Balaban J connectivity index is 2.58. The van der Waals surface area contributed by atoms with Crippen LogP contribution in [0, 0.1) is 5.82 Å². The fourth-order valence-electron chi connectivity index (χ4n) is 1.26. The van der Waals surface area contributed by atoms with Crippen LogP contribution in [-0.2, 0) is 9.59 Å². The lowest BCUT2D eigenvalue weighted by molar-refractivity contribution is -0.140. The minimum atomic E-state index is -1.18. The van der Waals surface area contributed by atoms with E-state index >= 15 is 0 Å². The van der Waals surface area contributed by atoms with E-state index in [-0.39, 0.29) is 11.9 Å². The Morgan fingerprint density at radius 3 is 2.44 bits per heavy atom. The molecule has 5 heteroatoms. The van der Waals surface area contributed by atoms with Crippen LogP contribution < -0.4 is 5.32 Å². The van der Waals surface area contributed by atoms with E-state index in [0.29, 0.717) is 0 Å². The predicted octanol–water partition coefficient (Wildman–Crippen LogP) is 1.48. The summed E-state index contributed by atoms with van der Waals surface area (Å²) >= 11 is 0. The smallest absolute Gasteiger partial charge is 0.312 e. The maximum Gasteiger partial charge on any atom is 0.312 e. The van der Waals surface area contributed by atoms with Gasteiger partial charge < -0.3 is 10.4 Å². The molecule has 1 aromatic rings. The molecule has 1 aromatic carbocycles. The largest absolute Gasteiger partial charge is 0.481 e. The van der Waals surface area contributed by atoms with Crippen molar-refractivity contribution in [3.8, 4) is 0 Å². The van der Waals surface area contributed by atoms with Gasteiger partial charge in [0.05, 0.1) is 6.04 Å². The van der Waals surface area contributed by atoms with E-state index in [9.17, 15) is 14.0 Å². The third kappa shape index (κ3) is 3.68. The fraction of sp³-hybridized carbons (Fsp3) is 0.273. The fourth-order valence-corrected chi connectivity index (χ4v) is 1.26. The Hall–Kier alpha value is -1.91. The molecule has 0 saturated carbocycles. The Bertz CT molecular complexity index is 389. The average molecular weight is 225 g/mol. The van der Waals surface area contributed by atoms with Gasteiger partial charge >= 0.3 is 5.97 Å². The Labute approximate surface area is 92.1 Å². The van der Waals surface area contributed by atoms with Crippen molar-refractivity contribution in [2.24, 2.45) is 0 Å². The molecule has 2 N–H and O–H groups in total. The molecule has 1 amide bonds. The molecular formula is C11H12FNO3. The standard InChI is InChI=1S/C11H12FNO3/c1-7(13-10(14)6-11(15)16)8-2-4-9(12)5-3-8/h2-5,7H,6H2,1H3,(H,13,14)(H,15,16). The molecular weight excluding hydrogens is 213 g/mol. The molecule has 0 heterocycles. The minimum absolute atomic E-state index is 0.340. The molecule has 0 aliphatic carbocycles. The first-order valence-corrected chi connectivity index (χ1v) is 4.75. The first-order chi connectivity index (χ1) is 7.49. The van der Waals surface area contributed by atoms with Gasteiger partial charge in [0.15, 0.2) is 0 Å². The van der Waals surface area contributed by atoms with Crippen LogP contribution in [0.1, 0.15) is 24.9 Å². The van der Waals surface area contributed by atoms with Crippen LogP contribution in [0.5, 0.6) is 0 Å². The molecule has 86 valence electrons. The summed E-state index contributed by atoms with van der Waals surface area (Å²) in [6.07, 6.45) is -0.564. The predicted molar refractivity (Wildman–Crippen MR) is 55.2 cm³/mol. The minimum Gasteiger partial charge on any atom is -0.481 e. The molecule has 0 fully saturated rings. The van der Waals surface area contributed by atoms with E-state index in [1.54, 1.807) is 19.1 Å². The molecule has 16 heavy (non-hydrogen) atoms. The van der Waals surface area contributed by atoms with Gasteiger partial charge in [0, 0.05) is 0 Å². The number of nitrogens with one attached hydrogen (secondary N) is 1. The second-order valence-corrected chi connectivity index (χ2v) is 3.41. The summed E-state index contributed by atoms with van der Waals surface area (Å²) in [7, 11) is 0. The van der Waals surface area contributed by atoms with Crippen molar-refractivity contribution in [1.82, 2.24) is 5.32 Å². The molecule has 0 aliphatic heterocycles. The summed E-state index contributed by atoms with van der Waals surface area (Å²) in [5.41, 5.74) is 0.722. The number of hydrogen-bond acceptors (Lipinski definition) is 2. The van der Waals surface area contributed by atoms with Crippen molar-refractivity contribution in [1.29, 1.82) is 0 Å². The maximum absolute atomic E-state index is 12.6. The number of benzene rings is 1. The van der Waals surface area contributed by atoms with Crippen LogP contribution in [-0.4, -0.2) is 17.0 Å². The molecule has 0 saturated heterocycles. The number of carboxylic acid groups (broad SMARTS) is 1. The second-order valence-electron chi connectivity index (χ2n) is 3.41. The zero-order valence-electron chi connectivity index (χ0n) is 8.74. The van der Waals surface area contributed by atoms with Gasteiger partial charge in [-0.2, -0.15) is 0 Å². The molecule has 0 aliphatic rings. The number of carbonyl (C=O) groups is 2. The quantitative estimate of drug-likeness (QED) is 0.763. The van der Waals surface area contributed by atoms with Gasteiger partial charge in [0.2, 0.25) is 5.91 Å². The van der Waals surface area contributed by atoms with Gasteiger partial charge in [-0.25, -0.2) is 4.39 Å². The Morgan fingerprint density at radius 2 is 1.94 bits per heavy atom. The highest BCUT2D eigenvalue weighted by Gasteiger charge is 2.12. The highest BCUT2D eigenvalue weighted by atomic mass is 19.1. The molecule has 0 radical (unpaired) electrons. The summed E-state index contributed by atoms with van der Waals surface area (Å²) in [5, 5.41) is 10.9. The van der Waals surface area contributed by atoms with E-state index in [2.05, 4.69) is 5.32 Å². The van der Waals surface area contributed by atoms with Crippen LogP contribution in [0.15, 0.2) is 24.3 Å². The van der Waals surface area contributed by atoms with Gasteiger partial charge in [0.1, 0.15) is 12.2 Å². The van der Waals surface area contributed by atoms with Crippen LogP contribution in [0.25, 0.3) is 0 Å². The van der Waals surface area contributed by atoms with Gasteiger partial charge in [0.25, 0.3) is 0 Å². The highest BCUT2D eigenvalue weighted by molar-refractivity contribution is 5.93. The summed E-state index contributed by atoms with van der Waals surface area (Å²) < 4.78 is 12.6. The maximum atomic E-state index is 12.6. The second kappa shape index (κ2) is 5.25. The monoisotopic (exact) mass is 225 g/mol. The lowest BCUT2D eigenvalue weighted by atomic mass is 10.1. The summed E-state index contributed by atoms with van der Waals surface area (Å²) in [5.74, 6) is -2.10. The van der Waals surface area contributed by atoms with E-state index in [1.807, 2.05) is 0 Å². The topological polar surface area (TPSA) is 66.4 Å².